The Kier molecular flexibility index (Phi) is 1.56. The van der Waals surface area contributed by atoms with Crippen LogP contribution in [0.1, 0.15) is 24.1 Å². The molecular formula is C7H9N3O2. The first kappa shape index (κ1) is 7.27. The van der Waals surface area contributed by atoms with Gasteiger partial charge in [0.05, 0.1) is 5.92 Å². The molecule has 0 radical (unpaired) electrons. The summed E-state index contributed by atoms with van der Waals surface area (Å²) in [5.74, 6) is 1.30. The van der Waals surface area contributed by atoms with Crippen molar-refractivity contribution in [2.24, 2.45) is 0 Å². The highest BCUT2D eigenvalue weighted by Gasteiger charge is 2.27. The maximum absolute atomic E-state index is 10.8. The number of carbonyl (C=O) groups is 1. The lowest BCUT2D eigenvalue weighted by Gasteiger charge is -1.96. The van der Waals surface area contributed by atoms with Gasteiger partial charge in [0.1, 0.15) is 0 Å². The van der Waals surface area contributed by atoms with Crippen molar-refractivity contribution in [3.63, 3.8) is 0 Å². The number of aryl methyl sites for hydroxylation is 1. The average molecular weight is 167 g/mol. The van der Waals surface area contributed by atoms with E-state index in [4.69, 9.17) is 4.52 Å². The summed E-state index contributed by atoms with van der Waals surface area (Å²) in [6.07, 6.45) is 0.460. The summed E-state index contributed by atoms with van der Waals surface area (Å²) in [5.41, 5.74) is 0. The number of hydrogen-bond donors (Lipinski definition) is 1. The van der Waals surface area contributed by atoms with Gasteiger partial charge in [0, 0.05) is 13.0 Å². The molecule has 12 heavy (non-hydrogen) atoms. The molecule has 0 aromatic carbocycles. The largest absolute Gasteiger partial charge is 0.355 e. The zero-order valence-corrected chi connectivity index (χ0v) is 6.70. The minimum atomic E-state index is 0.0517. The molecule has 2 heterocycles. The Morgan fingerprint density at radius 3 is 3.00 bits per heavy atom. The maximum atomic E-state index is 10.8. The lowest BCUT2D eigenvalue weighted by atomic mass is 10.1. The minimum Gasteiger partial charge on any atom is -0.355 e. The molecule has 5 nitrogen and oxygen atoms in total. The van der Waals surface area contributed by atoms with Crippen molar-refractivity contribution in [2.45, 2.75) is 19.3 Å². The lowest BCUT2D eigenvalue weighted by molar-refractivity contribution is -0.119. The number of nitrogens with one attached hydrogen (secondary N) is 1. The van der Waals surface area contributed by atoms with E-state index >= 15 is 0 Å². The predicted octanol–water partition coefficient (Wildman–Crippen LogP) is -0.0185. The highest BCUT2D eigenvalue weighted by atomic mass is 16.5. The van der Waals surface area contributed by atoms with Gasteiger partial charge in [0.25, 0.3) is 0 Å². The molecule has 5 heteroatoms. The van der Waals surface area contributed by atoms with E-state index in [1.165, 1.54) is 0 Å². The van der Waals surface area contributed by atoms with Gasteiger partial charge in [-0.1, -0.05) is 5.16 Å². The molecule has 64 valence electrons. The van der Waals surface area contributed by atoms with E-state index in [1.807, 2.05) is 0 Å². The van der Waals surface area contributed by atoms with Gasteiger partial charge in [0.15, 0.2) is 5.82 Å². The van der Waals surface area contributed by atoms with Crippen molar-refractivity contribution in [1.29, 1.82) is 0 Å². The standard InChI is InChI=1S/C7H9N3O2/c1-4-9-7(12-10-4)5-2-6(11)8-3-5/h5H,2-3H2,1H3,(H,8,11). The number of rotatable bonds is 1. The molecule has 0 spiro atoms. The molecule has 2 rings (SSSR count). The van der Waals surface area contributed by atoms with E-state index in [-0.39, 0.29) is 11.8 Å². The number of aromatic nitrogens is 2. The third kappa shape index (κ3) is 1.17. The Morgan fingerprint density at radius 2 is 2.50 bits per heavy atom. The van der Waals surface area contributed by atoms with E-state index in [1.54, 1.807) is 6.92 Å². The molecule has 1 N–H and O–H groups in total. The Balaban J connectivity index is 2.15. The van der Waals surface area contributed by atoms with Crippen molar-refractivity contribution < 1.29 is 9.32 Å². The molecule has 1 aromatic heterocycles. The molecule has 1 amide bonds. The van der Waals surface area contributed by atoms with E-state index in [0.717, 1.165) is 0 Å². The summed E-state index contributed by atoms with van der Waals surface area (Å²) in [4.78, 5) is 14.9. The fraction of sp³-hybridized carbons (Fsp3) is 0.571. The topological polar surface area (TPSA) is 68.0 Å². The van der Waals surface area contributed by atoms with Crippen molar-refractivity contribution in [2.75, 3.05) is 6.54 Å². The molecule has 1 fully saturated rings. The summed E-state index contributed by atoms with van der Waals surface area (Å²) < 4.78 is 4.94. The van der Waals surface area contributed by atoms with Crippen LogP contribution in [0.15, 0.2) is 4.52 Å². The number of nitrogens with zero attached hydrogens (tertiary/aromatic N) is 2. The number of carbonyl (C=O) groups excluding carboxylic acids is 1. The van der Waals surface area contributed by atoms with Gasteiger partial charge in [-0.05, 0) is 6.92 Å². The molecule has 0 bridgehead atoms. The molecule has 1 unspecified atom stereocenters. The van der Waals surface area contributed by atoms with Crippen molar-refractivity contribution in [1.82, 2.24) is 15.5 Å². The Labute approximate surface area is 69.1 Å². The van der Waals surface area contributed by atoms with Crippen LogP contribution in [0.4, 0.5) is 0 Å². The normalized spacial score (nSPS) is 22.8. The summed E-state index contributed by atoms with van der Waals surface area (Å²) in [6, 6.07) is 0. The summed E-state index contributed by atoms with van der Waals surface area (Å²) in [5, 5.41) is 6.37. The van der Waals surface area contributed by atoms with Gasteiger partial charge < -0.3 is 9.84 Å². The van der Waals surface area contributed by atoms with Gasteiger partial charge in [-0.2, -0.15) is 4.98 Å². The molecule has 1 aliphatic heterocycles. The van der Waals surface area contributed by atoms with Gasteiger partial charge >= 0.3 is 0 Å². The second-order valence-corrected chi connectivity index (χ2v) is 2.88. The highest BCUT2D eigenvalue weighted by Crippen LogP contribution is 2.20. The van der Waals surface area contributed by atoms with Gasteiger partial charge in [-0.25, -0.2) is 0 Å². The van der Waals surface area contributed by atoms with Crippen LogP contribution in [0.3, 0.4) is 0 Å². The van der Waals surface area contributed by atoms with Crippen LogP contribution in [0.25, 0.3) is 0 Å². The molecule has 1 aliphatic rings. The molecular weight excluding hydrogens is 158 g/mol. The quantitative estimate of drug-likeness (QED) is 0.638. The highest BCUT2D eigenvalue weighted by molar-refractivity contribution is 5.79. The second-order valence-electron chi connectivity index (χ2n) is 2.88. The van der Waals surface area contributed by atoms with Gasteiger partial charge in [0.2, 0.25) is 11.8 Å². The van der Waals surface area contributed by atoms with E-state index < -0.39 is 0 Å². The first-order valence-electron chi connectivity index (χ1n) is 3.82. The van der Waals surface area contributed by atoms with Crippen LogP contribution in [0.2, 0.25) is 0 Å². The van der Waals surface area contributed by atoms with Crippen LogP contribution >= 0.6 is 0 Å². The summed E-state index contributed by atoms with van der Waals surface area (Å²) in [7, 11) is 0. The van der Waals surface area contributed by atoms with E-state index in [9.17, 15) is 4.79 Å². The SMILES string of the molecule is Cc1noc(C2CNC(=O)C2)n1. The van der Waals surface area contributed by atoms with Crippen LogP contribution < -0.4 is 5.32 Å². The Hall–Kier alpha value is -1.39. The molecule has 1 aromatic rings. The van der Waals surface area contributed by atoms with Gasteiger partial charge in [-0.15, -0.1) is 0 Å². The maximum Gasteiger partial charge on any atom is 0.232 e. The molecule has 1 atom stereocenters. The van der Waals surface area contributed by atoms with Crippen LogP contribution in [0.5, 0.6) is 0 Å². The minimum absolute atomic E-state index is 0.0517. The van der Waals surface area contributed by atoms with Crippen LogP contribution in [-0.4, -0.2) is 22.6 Å². The average Bonchev–Trinajstić information content (AvgIpc) is 2.58. The fourth-order valence-electron chi connectivity index (χ4n) is 1.26. The first-order valence-corrected chi connectivity index (χ1v) is 3.82. The summed E-state index contributed by atoms with van der Waals surface area (Å²) in [6.45, 7) is 2.37. The monoisotopic (exact) mass is 167 g/mol. The zero-order valence-electron chi connectivity index (χ0n) is 6.70. The zero-order chi connectivity index (χ0) is 8.55. The predicted molar refractivity (Wildman–Crippen MR) is 39.4 cm³/mol. The van der Waals surface area contributed by atoms with Crippen molar-refractivity contribution in [3.8, 4) is 0 Å². The van der Waals surface area contributed by atoms with Gasteiger partial charge in [-0.3, -0.25) is 4.79 Å². The third-order valence-corrected chi connectivity index (χ3v) is 1.87. The Morgan fingerprint density at radius 1 is 1.67 bits per heavy atom. The lowest BCUT2D eigenvalue weighted by Crippen LogP contribution is -2.13. The van der Waals surface area contributed by atoms with E-state index in [0.29, 0.717) is 24.7 Å². The third-order valence-electron chi connectivity index (χ3n) is 1.87. The number of amides is 1. The van der Waals surface area contributed by atoms with Crippen molar-refractivity contribution in [3.05, 3.63) is 11.7 Å². The molecule has 0 aliphatic carbocycles. The summed E-state index contributed by atoms with van der Waals surface area (Å²) >= 11 is 0. The van der Waals surface area contributed by atoms with Crippen molar-refractivity contribution >= 4 is 5.91 Å². The molecule has 1 saturated heterocycles. The smallest absolute Gasteiger partial charge is 0.232 e. The second kappa shape index (κ2) is 2.58. The Bertz CT molecular complexity index is 307. The van der Waals surface area contributed by atoms with E-state index in [2.05, 4.69) is 15.5 Å². The number of hydrogen-bond acceptors (Lipinski definition) is 4. The van der Waals surface area contributed by atoms with Crippen LogP contribution in [0, 0.1) is 6.92 Å². The fourth-order valence-corrected chi connectivity index (χ4v) is 1.26. The molecule has 0 saturated carbocycles. The first-order chi connectivity index (χ1) is 5.75. The van der Waals surface area contributed by atoms with Crippen LogP contribution in [-0.2, 0) is 4.79 Å².